The zero-order valence-corrected chi connectivity index (χ0v) is 34.0. The first-order chi connectivity index (χ1) is 23.9. The highest BCUT2D eigenvalue weighted by molar-refractivity contribution is 8.01. The SMILES string of the molecule is CC.CC(C)(C)OC(=O)C(NC(=O)NC(C(=O)N1CCCC1C(=O)NC(SC1CCC1)C(=O)C(N)=O)C1CCCCC1)C(C)(C)C.CCCCC. The number of nitrogens with two attached hydrogens (primary N) is 1. The molecule has 0 aromatic carbocycles. The Morgan fingerprint density at radius 2 is 1.39 bits per heavy atom. The number of hydrogen-bond donors (Lipinski definition) is 4. The topological polar surface area (TPSA) is 177 Å². The summed E-state index contributed by atoms with van der Waals surface area (Å²) in [6.45, 7) is 19.5. The number of amides is 5. The van der Waals surface area contributed by atoms with Crippen molar-refractivity contribution in [3.8, 4) is 0 Å². The lowest BCUT2D eigenvalue weighted by atomic mass is 9.83. The first kappa shape index (κ1) is 46.2. The van der Waals surface area contributed by atoms with Crippen LogP contribution in [0.3, 0.4) is 0 Å². The van der Waals surface area contributed by atoms with Gasteiger partial charge in [-0.05, 0) is 70.6 Å². The van der Waals surface area contributed by atoms with Crippen LogP contribution in [0.5, 0.6) is 0 Å². The summed E-state index contributed by atoms with van der Waals surface area (Å²) < 4.78 is 5.56. The third kappa shape index (κ3) is 15.8. The second kappa shape index (κ2) is 22.3. The highest BCUT2D eigenvalue weighted by Crippen LogP contribution is 2.34. The summed E-state index contributed by atoms with van der Waals surface area (Å²) in [7, 11) is 0. The van der Waals surface area contributed by atoms with E-state index in [0.717, 1.165) is 51.4 Å². The van der Waals surface area contributed by atoms with E-state index in [1.807, 2.05) is 34.6 Å². The second-order valence-corrected chi connectivity index (χ2v) is 17.1. The van der Waals surface area contributed by atoms with Gasteiger partial charge in [-0.15, -0.1) is 11.8 Å². The van der Waals surface area contributed by atoms with Crippen molar-refractivity contribution in [3.63, 3.8) is 0 Å². The lowest BCUT2D eigenvalue weighted by Gasteiger charge is -2.36. The molecule has 1 heterocycles. The molecule has 0 radical (unpaired) electrons. The van der Waals surface area contributed by atoms with Crippen LogP contribution >= 0.6 is 11.8 Å². The molecule has 5 amide bonds. The Bertz CT molecular complexity index is 1140. The lowest BCUT2D eigenvalue weighted by Crippen LogP contribution is -2.61. The Balaban J connectivity index is 0.00000170. The Morgan fingerprint density at radius 1 is 0.804 bits per heavy atom. The van der Waals surface area contributed by atoms with Crippen LogP contribution in [0, 0.1) is 11.3 Å². The van der Waals surface area contributed by atoms with Crippen molar-refractivity contribution in [2.75, 3.05) is 6.54 Å². The summed E-state index contributed by atoms with van der Waals surface area (Å²) in [4.78, 5) is 79.7. The van der Waals surface area contributed by atoms with Crippen molar-refractivity contribution in [1.29, 1.82) is 0 Å². The monoisotopic (exact) mass is 739 g/mol. The number of ketones is 1. The standard InChI is InChI=1S/C31H51N5O7S.C5H12.C2H6/c1-30(2,3)23(28(41)43-31(4,5)6)34-29(42)33-21(18-12-8-7-9-13-18)27(40)36-17-11-16-20(36)25(39)35-26(22(37)24(32)38)44-19-14-10-15-19;1-3-5-4-2;1-2/h18-21,23,26H,7-17H2,1-6H3,(H2,32,38)(H,35,39)(H2,33,34,42);3-5H2,1-2H3;1-2H3. The van der Waals surface area contributed by atoms with Crippen molar-refractivity contribution in [2.24, 2.45) is 17.1 Å². The van der Waals surface area contributed by atoms with Crippen LogP contribution in [0.15, 0.2) is 0 Å². The molecule has 0 bridgehead atoms. The van der Waals surface area contributed by atoms with Gasteiger partial charge in [0.1, 0.15) is 29.1 Å². The molecule has 2 aliphatic carbocycles. The fraction of sp³-hybridized carbons (Fsp3) is 0.842. The molecule has 3 rings (SSSR count). The van der Waals surface area contributed by atoms with Gasteiger partial charge in [0.25, 0.3) is 11.7 Å². The Morgan fingerprint density at radius 3 is 1.84 bits per heavy atom. The van der Waals surface area contributed by atoms with Gasteiger partial charge in [-0.25, -0.2) is 9.59 Å². The number of hydrogen-bond acceptors (Lipinski definition) is 8. The molecule has 294 valence electrons. The molecular weight excluding hydrogens is 671 g/mol. The maximum absolute atomic E-state index is 14.1. The van der Waals surface area contributed by atoms with E-state index in [4.69, 9.17) is 10.5 Å². The van der Waals surface area contributed by atoms with E-state index in [0.29, 0.717) is 19.4 Å². The van der Waals surface area contributed by atoms with Gasteiger partial charge in [0, 0.05) is 11.8 Å². The van der Waals surface area contributed by atoms with Crippen LogP contribution in [0.1, 0.15) is 153 Å². The number of carbonyl (C=O) groups is 6. The molecule has 4 atom stereocenters. The number of unbranched alkanes of at least 4 members (excludes halogenated alkanes) is 2. The number of urea groups is 1. The number of Topliss-reactive ketones (excluding diaryl/α,β-unsaturated/α-hetero) is 1. The molecule has 4 unspecified atom stereocenters. The minimum atomic E-state index is -1.12. The molecule has 2 saturated carbocycles. The number of carbonyl (C=O) groups excluding carboxylic acids is 6. The fourth-order valence-electron chi connectivity index (χ4n) is 6.20. The summed E-state index contributed by atoms with van der Waals surface area (Å²) in [6.07, 6.45) is 12.2. The van der Waals surface area contributed by atoms with Crippen LogP contribution in [0.2, 0.25) is 0 Å². The number of esters is 1. The maximum atomic E-state index is 14.1. The van der Waals surface area contributed by atoms with E-state index >= 15 is 0 Å². The lowest BCUT2D eigenvalue weighted by molar-refractivity contribution is -0.160. The Hall–Kier alpha value is -2.83. The van der Waals surface area contributed by atoms with Crippen molar-refractivity contribution < 1.29 is 33.5 Å². The zero-order chi connectivity index (χ0) is 38.9. The van der Waals surface area contributed by atoms with Gasteiger partial charge < -0.3 is 31.3 Å². The molecule has 12 nitrogen and oxygen atoms in total. The highest BCUT2D eigenvalue weighted by atomic mass is 32.2. The summed E-state index contributed by atoms with van der Waals surface area (Å²) >= 11 is 1.23. The largest absolute Gasteiger partial charge is 0.458 e. The molecular formula is C38H69N5O7S. The quantitative estimate of drug-likeness (QED) is 0.101. The second-order valence-electron chi connectivity index (χ2n) is 15.7. The Labute approximate surface area is 311 Å². The molecule has 0 aromatic rings. The number of likely N-dealkylation sites (tertiary alicyclic amines) is 1. The van der Waals surface area contributed by atoms with E-state index in [1.165, 1.54) is 35.9 Å². The van der Waals surface area contributed by atoms with Gasteiger partial charge in [0.05, 0.1) is 0 Å². The molecule has 1 saturated heterocycles. The molecule has 5 N–H and O–H groups in total. The van der Waals surface area contributed by atoms with Gasteiger partial charge in [0.15, 0.2) is 0 Å². The van der Waals surface area contributed by atoms with Crippen LogP contribution in [0.4, 0.5) is 4.79 Å². The Kier molecular flexibility index (Phi) is 20.2. The minimum absolute atomic E-state index is 0.140. The first-order valence-electron chi connectivity index (χ1n) is 19.3. The van der Waals surface area contributed by atoms with Gasteiger partial charge in [-0.2, -0.15) is 0 Å². The highest BCUT2D eigenvalue weighted by Gasteiger charge is 2.43. The summed E-state index contributed by atoms with van der Waals surface area (Å²) in [6, 6.07) is -3.39. The molecule has 3 fully saturated rings. The predicted molar refractivity (Wildman–Crippen MR) is 204 cm³/mol. The third-order valence-electron chi connectivity index (χ3n) is 9.14. The molecule has 0 spiro atoms. The van der Waals surface area contributed by atoms with E-state index in [9.17, 15) is 28.8 Å². The zero-order valence-electron chi connectivity index (χ0n) is 33.2. The molecule has 13 heteroatoms. The summed E-state index contributed by atoms with van der Waals surface area (Å²) in [5.74, 6) is -3.60. The van der Waals surface area contributed by atoms with Crippen molar-refractivity contribution in [1.82, 2.24) is 20.9 Å². The number of rotatable bonds is 13. The van der Waals surface area contributed by atoms with Crippen molar-refractivity contribution in [2.45, 2.75) is 187 Å². The first-order valence-corrected chi connectivity index (χ1v) is 20.2. The molecule has 51 heavy (non-hydrogen) atoms. The number of primary amides is 1. The van der Waals surface area contributed by atoms with Gasteiger partial charge in [-0.3, -0.25) is 19.2 Å². The van der Waals surface area contributed by atoms with E-state index < -0.39 is 64.1 Å². The molecule has 1 aliphatic heterocycles. The van der Waals surface area contributed by atoms with Gasteiger partial charge in [0.2, 0.25) is 11.8 Å². The normalized spacial score (nSPS) is 19.7. The summed E-state index contributed by atoms with van der Waals surface area (Å²) in [5, 5.41) is 7.34. The molecule has 0 aromatic heterocycles. The van der Waals surface area contributed by atoms with E-state index in [-0.39, 0.29) is 17.1 Å². The third-order valence-corrected chi connectivity index (χ3v) is 10.6. The van der Waals surface area contributed by atoms with Crippen molar-refractivity contribution in [3.05, 3.63) is 0 Å². The average molecular weight is 740 g/mol. The van der Waals surface area contributed by atoms with Crippen LogP contribution < -0.4 is 21.7 Å². The van der Waals surface area contributed by atoms with E-state index in [1.54, 1.807) is 20.8 Å². The van der Waals surface area contributed by atoms with Gasteiger partial charge in [-0.1, -0.05) is 93.4 Å². The molecule has 3 aliphatic rings. The van der Waals surface area contributed by atoms with Crippen LogP contribution in [-0.2, 0) is 28.7 Å². The van der Waals surface area contributed by atoms with E-state index in [2.05, 4.69) is 29.8 Å². The smallest absolute Gasteiger partial charge is 0.329 e. The maximum Gasteiger partial charge on any atom is 0.329 e. The predicted octanol–water partition coefficient (Wildman–Crippen LogP) is 5.99. The number of nitrogens with one attached hydrogen (secondary N) is 3. The van der Waals surface area contributed by atoms with Gasteiger partial charge >= 0.3 is 12.0 Å². The van der Waals surface area contributed by atoms with Crippen LogP contribution in [0.25, 0.3) is 0 Å². The fourth-order valence-corrected chi connectivity index (χ4v) is 7.62. The summed E-state index contributed by atoms with van der Waals surface area (Å²) in [5.41, 5.74) is 3.85. The average Bonchev–Trinajstić information content (AvgIpc) is 3.54. The number of nitrogens with zero attached hydrogens (tertiary/aromatic N) is 1. The number of ether oxygens (including phenoxy) is 1. The van der Waals surface area contributed by atoms with Crippen molar-refractivity contribution >= 4 is 47.3 Å². The minimum Gasteiger partial charge on any atom is -0.458 e. The number of thioether (sulfide) groups is 1. The van der Waals surface area contributed by atoms with Crippen LogP contribution in [-0.4, -0.2) is 81.3 Å².